The molecule has 0 aromatic carbocycles. The molecule has 1 aromatic rings. The van der Waals surface area contributed by atoms with E-state index in [4.69, 9.17) is 0 Å². The van der Waals surface area contributed by atoms with Crippen LogP contribution in [0.3, 0.4) is 0 Å². The molecule has 0 amide bonds. The van der Waals surface area contributed by atoms with Gasteiger partial charge >= 0.3 is 0 Å². The largest absolute Gasteiger partial charge is 0.313 e. The smallest absolute Gasteiger partial charge is 0.151 e. The number of nitrogens with zero attached hydrogens (tertiary/aromatic N) is 4. The van der Waals surface area contributed by atoms with Crippen molar-refractivity contribution in [2.45, 2.75) is 39.2 Å². The maximum absolute atomic E-state index is 4.30. The molecule has 108 valence electrons. The fraction of sp³-hybridized carbons (Fsp3) is 0.857. The molecule has 0 radical (unpaired) electrons. The molecule has 0 saturated carbocycles. The molecule has 1 saturated heterocycles. The van der Waals surface area contributed by atoms with Crippen LogP contribution in [0.25, 0.3) is 0 Å². The molecule has 5 heteroatoms. The van der Waals surface area contributed by atoms with E-state index in [-0.39, 0.29) is 0 Å². The van der Waals surface area contributed by atoms with Crippen LogP contribution < -0.4 is 5.32 Å². The van der Waals surface area contributed by atoms with E-state index in [9.17, 15) is 0 Å². The maximum Gasteiger partial charge on any atom is 0.151 e. The molecule has 0 aliphatic carbocycles. The summed E-state index contributed by atoms with van der Waals surface area (Å²) in [5, 5.41) is 7.93. The zero-order valence-electron chi connectivity index (χ0n) is 12.5. The minimum absolute atomic E-state index is 0.673. The van der Waals surface area contributed by atoms with Crippen molar-refractivity contribution in [1.29, 1.82) is 0 Å². The molecule has 0 spiro atoms. The Bertz CT molecular complexity index is 366. The lowest BCUT2D eigenvalue weighted by molar-refractivity contribution is 0.180. The van der Waals surface area contributed by atoms with Gasteiger partial charge in [0, 0.05) is 32.6 Å². The fourth-order valence-electron chi connectivity index (χ4n) is 2.72. The summed E-state index contributed by atoms with van der Waals surface area (Å²) < 4.78 is 1.76. The van der Waals surface area contributed by atoms with Crippen LogP contribution in [-0.4, -0.2) is 51.9 Å². The molecule has 1 aliphatic rings. The molecule has 0 atom stereocenters. The van der Waals surface area contributed by atoms with Gasteiger partial charge in [0.15, 0.2) is 5.82 Å². The van der Waals surface area contributed by atoms with Crippen molar-refractivity contribution >= 4 is 0 Å². The number of hydrogen-bond acceptors (Lipinski definition) is 4. The van der Waals surface area contributed by atoms with Gasteiger partial charge in [0.05, 0.1) is 0 Å². The first-order chi connectivity index (χ1) is 9.13. The van der Waals surface area contributed by atoms with E-state index in [1.54, 1.807) is 11.0 Å². The van der Waals surface area contributed by atoms with Crippen molar-refractivity contribution in [1.82, 2.24) is 25.0 Å². The number of aromatic nitrogens is 3. The Morgan fingerprint density at radius 1 is 1.37 bits per heavy atom. The molecule has 1 fully saturated rings. The van der Waals surface area contributed by atoms with Crippen molar-refractivity contribution in [2.75, 3.05) is 26.2 Å². The highest BCUT2D eigenvalue weighted by molar-refractivity contribution is 4.84. The molecule has 2 rings (SSSR count). The van der Waals surface area contributed by atoms with E-state index in [1.807, 2.05) is 7.05 Å². The topological polar surface area (TPSA) is 46.0 Å². The number of likely N-dealkylation sites (tertiary alicyclic amines) is 1. The average Bonchev–Trinajstić information content (AvgIpc) is 2.77. The Labute approximate surface area is 116 Å². The van der Waals surface area contributed by atoms with Gasteiger partial charge in [-0.3, -0.25) is 4.68 Å². The predicted octanol–water partition coefficient (Wildman–Crippen LogP) is 1.07. The Kier molecular flexibility index (Phi) is 5.34. The molecular formula is C14H27N5. The zero-order chi connectivity index (χ0) is 13.7. The third kappa shape index (κ3) is 4.91. The summed E-state index contributed by atoms with van der Waals surface area (Å²) in [6.07, 6.45) is 5.22. The number of rotatable bonds is 6. The van der Waals surface area contributed by atoms with Gasteiger partial charge in [-0.1, -0.05) is 13.8 Å². The minimum Gasteiger partial charge on any atom is -0.313 e. The lowest BCUT2D eigenvalue weighted by Gasteiger charge is -2.33. The average molecular weight is 265 g/mol. The first-order valence-corrected chi connectivity index (χ1v) is 7.43. The Balaban J connectivity index is 1.60. The number of aryl methyl sites for hydroxylation is 1. The lowest BCUT2D eigenvalue weighted by atomic mass is 10.0. The van der Waals surface area contributed by atoms with Crippen molar-refractivity contribution in [3.8, 4) is 0 Å². The van der Waals surface area contributed by atoms with Gasteiger partial charge in [-0.2, -0.15) is 5.10 Å². The van der Waals surface area contributed by atoms with Gasteiger partial charge in [-0.15, -0.1) is 0 Å². The second kappa shape index (κ2) is 7.01. The SMILES string of the molecule is CC(C)CN1CCC(NCCc2ncn(C)n2)CC1. The predicted molar refractivity (Wildman–Crippen MR) is 77.0 cm³/mol. The van der Waals surface area contributed by atoms with Gasteiger partial charge in [0.25, 0.3) is 0 Å². The molecule has 19 heavy (non-hydrogen) atoms. The molecule has 2 heterocycles. The molecule has 0 unspecified atom stereocenters. The van der Waals surface area contributed by atoms with Crippen molar-refractivity contribution in [3.63, 3.8) is 0 Å². The zero-order valence-corrected chi connectivity index (χ0v) is 12.5. The molecular weight excluding hydrogens is 238 g/mol. The molecule has 1 aromatic heterocycles. The Hall–Kier alpha value is -0.940. The monoisotopic (exact) mass is 265 g/mol. The van der Waals surface area contributed by atoms with Gasteiger partial charge in [-0.25, -0.2) is 4.98 Å². The number of piperidine rings is 1. The van der Waals surface area contributed by atoms with E-state index < -0.39 is 0 Å². The van der Waals surface area contributed by atoms with E-state index in [0.717, 1.165) is 24.7 Å². The summed E-state index contributed by atoms with van der Waals surface area (Å²) in [4.78, 5) is 6.83. The van der Waals surface area contributed by atoms with Crippen LogP contribution in [0.2, 0.25) is 0 Å². The normalized spacial score (nSPS) is 18.3. The molecule has 1 N–H and O–H groups in total. The highest BCUT2D eigenvalue weighted by atomic mass is 15.3. The quantitative estimate of drug-likeness (QED) is 0.836. The second-order valence-electron chi connectivity index (χ2n) is 6.01. The number of nitrogens with one attached hydrogen (secondary N) is 1. The van der Waals surface area contributed by atoms with Gasteiger partial charge in [0.1, 0.15) is 6.33 Å². The van der Waals surface area contributed by atoms with E-state index in [0.29, 0.717) is 6.04 Å². The maximum atomic E-state index is 4.30. The van der Waals surface area contributed by atoms with Crippen LogP contribution in [0, 0.1) is 5.92 Å². The van der Waals surface area contributed by atoms with Crippen molar-refractivity contribution in [3.05, 3.63) is 12.2 Å². The van der Waals surface area contributed by atoms with Crippen molar-refractivity contribution < 1.29 is 0 Å². The van der Waals surface area contributed by atoms with E-state index in [2.05, 4.69) is 34.1 Å². The summed E-state index contributed by atoms with van der Waals surface area (Å²) >= 11 is 0. The van der Waals surface area contributed by atoms with Crippen LogP contribution in [-0.2, 0) is 13.5 Å². The van der Waals surface area contributed by atoms with Gasteiger partial charge < -0.3 is 10.2 Å². The second-order valence-corrected chi connectivity index (χ2v) is 6.01. The van der Waals surface area contributed by atoms with Gasteiger partial charge in [0.2, 0.25) is 0 Å². The molecule has 5 nitrogen and oxygen atoms in total. The lowest BCUT2D eigenvalue weighted by Crippen LogP contribution is -2.44. The van der Waals surface area contributed by atoms with Crippen LogP contribution in [0.4, 0.5) is 0 Å². The molecule has 0 bridgehead atoms. The molecule has 1 aliphatic heterocycles. The van der Waals surface area contributed by atoms with Crippen LogP contribution >= 0.6 is 0 Å². The van der Waals surface area contributed by atoms with Crippen LogP contribution in [0.5, 0.6) is 0 Å². The highest BCUT2D eigenvalue weighted by Gasteiger charge is 2.18. The number of hydrogen-bond donors (Lipinski definition) is 1. The minimum atomic E-state index is 0.673. The summed E-state index contributed by atoms with van der Waals surface area (Å²) in [5.74, 6) is 1.71. The third-order valence-electron chi connectivity index (χ3n) is 3.64. The summed E-state index contributed by atoms with van der Waals surface area (Å²) in [6.45, 7) is 9.28. The van der Waals surface area contributed by atoms with Gasteiger partial charge in [-0.05, 0) is 31.8 Å². The summed E-state index contributed by atoms with van der Waals surface area (Å²) in [6, 6.07) is 0.673. The standard InChI is InChI=1S/C14H27N5/c1-12(2)10-19-8-5-13(6-9-19)15-7-4-14-16-11-18(3)17-14/h11-13,15H,4-10H2,1-3H3. The first kappa shape index (κ1) is 14.5. The Morgan fingerprint density at radius 3 is 2.68 bits per heavy atom. The van der Waals surface area contributed by atoms with E-state index >= 15 is 0 Å². The Morgan fingerprint density at radius 2 is 2.11 bits per heavy atom. The van der Waals surface area contributed by atoms with Crippen LogP contribution in [0.1, 0.15) is 32.5 Å². The first-order valence-electron chi connectivity index (χ1n) is 7.43. The van der Waals surface area contributed by atoms with Crippen LogP contribution in [0.15, 0.2) is 6.33 Å². The fourth-order valence-corrected chi connectivity index (χ4v) is 2.72. The summed E-state index contributed by atoms with van der Waals surface area (Å²) in [5.41, 5.74) is 0. The highest BCUT2D eigenvalue weighted by Crippen LogP contribution is 2.11. The summed E-state index contributed by atoms with van der Waals surface area (Å²) in [7, 11) is 1.91. The third-order valence-corrected chi connectivity index (χ3v) is 3.64. The van der Waals surface area contributed by atoms with E-state index in [1.165, 1.54) is 32.5 Å². The van der Waals surface area contributed by atoms with Crippen molar-refractivity contribution in [2.24, 2.45) is 13.0 Å².